The Morgan fingerprint density at radius 2 is 2.36 bits per heavy atom. The molecule has 0 fully saturated rings. The van der Waals surface area contributed by atoms with Gasteiger partial charge in [0, 0.05) is 30.2 Å². The van der Waals surface area contributed by atoms with Crippen molar-refractivity contribution in [3.05, 3.63) is 42.6 Å². The zero-order chi connectivity index (χ0) is 15.8. The molecule has 0 saturated heterocycles. The number of H-pyrrole nitrogens is 1. The van der Waals surface area contributed by atoms with Gasteiger partial charge in [-0.2, -0.15) is 0 Å². The van der Waals surface area contributed by atoms with Crippen molar-refractivity contribution in [2.75, 3.05) is 26.0 Å². The minimum Gasteiger partial charge on any atom is -0.497 e. The van der Waals surface area contributed by atoms with E-state index in [1.165, 1.54) is 10.9 Å². The first-order valence-corrected chi connectivity index (χ1v) is 8.43. The topological polar surface area (TPSA) is 49.4 Å². The molecule has 0 saturated carbocycles. The lowest BCUT2D eigenvalue weighted by atomic mass is 10.1. The van der Waals surface area contributed by atoms with E-state index in [0.717, 1.165) is 41.7 Å². The fraction of sp³-hybridized carbons (Fsp3) is 0.353. The van der Waals surface area contributed by atoms with Crippen molar-refractivity contribution in [1.29, 1.82) is 0 Å². The molecule has 0 radical (unpaired) electrons. The van der Waals surface area contributed by atoms with Gasteiger partial charge in [-0.05, 0) is 35.9 Å². The summed E-state index contributed by atoms with van der Waals surface area (Å²) in [5, 5.41) is 5.47. The molecule has 2 N–H and O–H groups in total. The number of ether oxygens (including phenoxy) is 1. The second-order valence-electron chi connectivity index (χ2n) is 4.76. The number of nitrogens with zero attached hydrogens (tertiary/aromatic N) is 1. The summed E-state index contributed by atoms with van der Waals surface area (Å²) >= 11 is 1.73. The number of benzene rings is 1. The molecule has 0 bridgehead atoms. The number of amidine groups is 1. The predicted molar refractivity (Wildman–Crippen MR) is 97.2 cm³/mol. The van der Waals surface area contributed by atoms with Gasteiger partial charge in [-0.15, -0.1) is 6.58 Å². The molecule has 0 unspecified atom stereocenters. The maximum atomic E-state index is 5.30. The number of nitrogens with one attached hydrogen (secondary N) is 2. The van der Waals surface area contributed by atoms with Gasteiger partial charge in [0.05, 0.1) is 7.11 Å². The van der Waals surface area contributed by atoms with Gasteiger partial charge in [0.25, 0.3) is 0 Å². The second-order valence-corrected chi connectivity index (χ2v) is 6.02. The average molecular weight is 317 g/mol. The maximum Gasteiger partial charge on any atom is 0.156 e. The molecule has 0 atom stereocenters. The van der Waals surface area contributed by atoms with E-state index >= 15 is 0 Å². The van der Waals surface area contributed by atoms with Crippen LogP contribution in [0.3, 0.4) is 0 Å². The Morgan fingerprint density at radius 3 is 3.09 bits per heavy atom. The molecule has 1 heterocycles. The van der Waals surface area contributed by atoms with Gasteiger partial charge in [-0.1, -0.05) is 24.8 Å². The van der Waals surface area contributed by atoms with Gasteiger partial charge >= 0.3 is 0 Å². The van der Waals surface area contributed by atoms with Crippen LogP contribution in [0.25, 0.3) is 10.9 Å². The van der Waals surface area contributed by atoms with Crippen molar-refractivity contribution in [3.8, 4) is 5.75 Å². The van der Waals surface area contributed by atoms with E-state index in [0.29, 0.717) is 0 Å². The molecule has 118 valence electrons. The Labute approximate surface area is 136 Å². The van der Waals surface area contributed by atoms with Crippen molar-refractivity contribution in [1.82, 2.24) is 10.3 Å². The normalized spacial score (nSPS) is 11.6. The Kier molecular flexibility index (Phi) is 6.40. The highest BCUT2D eigenvalue weighted by Crippen LogP contribution is 2.23. The fourth-order valence-electron chi connectivity index (χ4n) is 2.22. The van der Waals surface area contributed by atoms with Crippen LogP contribution in [0.2, 0.25) is 0 Å². The highest BCUT2D eigenvalue weighted by Gasteiger charge is 2.05. The molecule has 4 nitrogen and oxygen atoms in total. The summed E-state index contributed by atoms with van der Waals surface area (Å²) < 4.78 is 5.30. The Balaban J connectivity index is 2.05. The lowest BCUT2D eigenvalue weighted by molar-refractivity contribution is 0.415. The number of rotatable bonds is 7. The smallest absolute Gasteiger partial charge is 0.156 e. The van der Waals surface area contributed by atoms with Crippen LogP contribution in [0.5, 0.6) is 5.75 Å². The first-order chi connectivity index (χ1) is 10.8. The van der Waals surface area contributed by atoms with Gasteiger partial charge in [-0.3, -0.25) is 4.99 Å². The summed E-state index contributed by atoms with van der Waals surface area (Å²) in [4.78, 5) is 7.95. The van der Waals surface area contributed by atoms with Crippen molar-refractivity contribution in [2.24, 2.45) is 4.99 Å². The molecule has 0 aliphatic carbocycles. The summed E-state index contributed by atoms with van der Waals surface area (Å²) in [6, 6.07) is 6.09. The fourth-order valence-corrected chi connectivity index (χ4v) is 2.86. The molecule has 5 heteroatoms. The standard InChI is InChI=1S/C17H23N3OS/c1-4-9-18-17(22-5-2)19-10-8-13-12-20-16-7-6-14(21-3)11-15(13)16/h4,6-7,11-12,20H,1,5,8-10H2,2-3H3,(H,18,19). The SMILES string of the molecule is C=CCNC(=NCCc1c[nH]c2ccc(OC)cc12)SCC. The minimum atomic E-state index is 0.746. The second kappa shape index (κ2) is 8.54. The average Bonchev–Trinajstić information content (AvgIpc) is 2.94. The first-order valence-electron chi connectivity index (χ1n) is 7.44. The summed E-state index contributed by atoms with van der Waals surface area (Å²) in [6.45, 7) is 7.35. The van der Waals surface area contributed by atoms with Crippen molar-refractivity contribution in [3.63, 3.8) is 0 Å². The molecule has 0 amide bonds. The van der Waals surface area contributed by atoms with Gasteiger partial charge < -0.3 is 15.0 Å². The van der Waals surface area contributed by atoms with Gasteiger partial charge in [0.15, 0.2) is 5.17 Å². The van der Waals surface area contributed by atoms with Gasteiger partial charge in [0.2, 0.25) is 0 Å². The minimum absolute atomic E-state index is 0.746. The molecular weight excluding hydrogens is 294 g/mol. The van der Waals surface area contributed by atoms with E-state index in [9.17, 15) is 0 Å². The van der Waals surface area contributed by atoms with Crippen LogP contribution < -0.4 is 10.1 Å². The van der Waals surface area contributed by atoms with Gasteiger partial charge in [-0.25, -0.2) is 0 Å². The number of methoxy groups -OCH3 is 1. The zero-order valence-corrected chi connectivity index (χ0v) is 14.0. The van der Waals surface area contributed by atoms with E-state index in [1.54, 1.807) is 18.9 Å². The number of aliphatic imine (C=N–C) groups is 1. The Morgan fingerprint density at radius 1 is 1.50 bits per heavy atom. The summed E-state index contributed by atoms with van der Waals surface area (Å²) in [5.74, 6) is 1.89. The largest absolute Gasteiger partial charge is 0.497 e. The van der Waals surface area contributed by atoms with Crippen molar-refractivity contribution in [2.45, 2.75) is 13.3 Å². The van der Waals surface area contributed by atoms with E-state index < -0.39 is 0 Å². The predicted octanol–water partition coefficient (Wildman–Crippen LogP) is 3.60. The quantitative estimate of drug-likeness (QED) is 0.466. The molecule has 0 spiro atoms. The molecule has 1 aromatic carbocycles. The van der Waals surface area contributed by atoms with E-state index in [-0.39, 0.29) is 0 Å². The van der Waals surface area contributed by atoms with Crippen LogP contribution in [-0.4, -0.2) is 36.1 Å². The highest BCUT2D eigenvalue weighted by atomic mass is 32.2. The van der Waals surface area contributed by atoms with Crippen LogP contribution in [0.1, 0.15) is 12.5 Å². The van der Waals surface area contributed by atoms with E-state index in [2.05, 4.69) is 41.1 Å². The molecular formula is C17H23N3OS. The number of fused-ring (bicyclic) bond motifs is 1. The van der Waals surface area contributed by atoms with Crippen molar-refractivity contribution >= 4 is 27.8 Å². The van der Waals surface area contributed by atoms with E-state index in [1.807, 2.05) is 18.2 Å². The monoisotopic (exact) mass is 317 g/mol. The number of hydrogen-bond acceptors (Lipinski definition) is 3. The number of hydrogen-bond donors (Lipinski definition) is 2. The summed E-state index contributed by atoms with van der Waals surface area (Å²) in [6.07, 6.45) is 4.80. The first kappa shape index (κ1) is 16.5. The van der Waals surface area contributed by atoms with Crippen LogP contribution in [-0.2, 0) is 6.42 Å². The molecule has 1 aromatic heterocycles. The summed E-state index contributed by atoms with van der Waals surface area (Å²) in [7, 11) is 1.69. The highest BCUT2D eigenvalue weighted by molar-refractivity contribution is 8.13. The van der Waals surface area contributed by atoms with Gasteiger partial charge in [0.1, 0.15) is 5.75 Å². The van der Waals surface area contributed by atoms with Crippen LogP contribution in [0, 0.1) is 0 Å². The molecule has 2 rings (SSSR count). The van der Waals surface area contributed by atoms with E-state index in [4.69, 9.17) is 4.74 Å². The molecule has 0 aliphatic rings. The van der Waals surface area contributed by atoms with Crippen LogP contribution >= 0.6 is 11.8 Å². The molecule has 22 heavy (non-hydrogen) atoms. The number of aromatic amines is 1. The summed E-state index contributed by atoms with van der Waals surface area (Å²) in [5.41, 5.74) is 2.40. The third kappa shape index (κ3) is 4.31. The third-order valence-electron chi connectivity index (χ3n) is 3.29. The Bertz CT molecular complexity index is 648. The lowest BCUT2D eigenvalue weighted by Gasteiger charge is -2.06. The lowest BCUT2D eigenvalue weighted by Crippen LogP contribution is -2.21. The third-order valence-corrected chi connectivity index (χ3v) is 4.13. The van der Waals surface area contributed by atoms with Crippen LogP contribution in [0.4, 0.5) is 0 Å². The number of aromatic nitrogens is 1. The molecule has 0 aliphatic heterocycles. The maximum absolute atomic E-state index is 5.30. The van der Waals surface area contributed by atoms with Crippen molar-refractivity contribution < 1.29 is 4.74 Å². The zero-order valence-electron chi connectivity index (χ0n) is 13.2. The van der Waals surface area contributed by atoms with Crippen LogP contribution in [0.15, 0.2) is 42.0 Å². The molecule has 2 aromatic rings. The number of thioether (sulfide) groups is 1. The Hall–Kier alpha value is -1.88.